The van der Waals surface area contributed by atoms with Gasteiger partial charge in [0, 0.05) is 6.61 Å². The molecule has 1 aliphatic heterocycles. The summed E-state index contributed by atoms with van der Waals surface area (Å²) < 4.78 is 10.6. The Morgan fingerprint density at radius 3 is 2.57 bits per heavy atom. The lowest BCUT2D eigenvalue weighted by atomic mass is 10.0. The predicted molar refractivity (Wildman–Crippen MR) is 54.9 cm³/mol. The molecule has 0 aromatic carbocycles. The summed E-state index contributed by atoms with van der Waals surface area (Å²) in [5.74, 6) is -0.148. The van der Waals surface area contributed by atoms with Crippen LogP contribution < -0.4 is 0 Å². The Labute approximate surface area is 93.6 Å². The van der Waals surface area contributed by atoms with Crippen LogP contribution in [0.25, 0.3) is 0 Å². The summed E-state index contributed by atoms with van der Waals surface area (Å²) in [7, 11) is 0. The Balaban J connectivity index is 2.68. The first-order valence-electron chi connectivity index (χ1n) is 4.70. The number of ether oxygens (including phenoxy) is 2. The van der Waals surface area contributed by atoms with Gasteiger partial charge in [-0.15, -0.1) is 23.2 Å². The van der Waals surface area contributed by atoms with E-state index in [1.807, 2.05) is 13.8 Å². The van der Waals surface area contributed by atoms with Gasteiger partial charge in [0.1, 0.15) is 16.9 Å². The number of ketones is 1. The number of alkyl halides is 2. The van der Waals surface area contributed by atoms with Crippen LogP contribution in [0, 0.1) is 0 Å². The summed E-state index contributed by atoms with van der Waals surface area (Å²) in [5, 5.41) is -1.32. The molecule has 5 heteroatoms. The Kier molecular flexibility index (Phi) is 4.64. The van der Waals surface area contributed by atoms with E-state index in [1.54, 1.807) is 0 Å². The number of carbonyl (C=O) groups is 1. The van der Waals surface area contributed by atoms with Crippen LogP contribution in [0.5, 0.6) is 0 Å². The van der Waals surface area contributed by atoms with Gasteiger partial charge in [-0.25, -0.2) is 0 Å². The van der Waals surface area contributed by atoms with E-state index in [1.165, 1.54) is 0 Å². The van der Waals surface area contributed by atoms with E-state index in [0.29, 0.717) is 13.0 Å². The quantitative estimate of drug-likeness (QED) is 0.708. The van der Waals surface area contributed by atoms with Gasteiger partial charge in [-0.3, -0.25) is 4.79 Å². The van der Waals surface area contributed by atoms with E-state index in [0.717, 1.165) is 0 Å². The molecule has 0 saturated carbocycles. The molecule has 0 radical (unpaired) electrons. The molecule has 0 aromatic rings. The molecule has 0 aromatic heterocycles. The Morgan fingerprint density at radius 1 is 1.43 bits per heavy atom. The number of halogens is 2. The van der Waals surface area contributed by atoms with Gasteiger partial charge in [0.15, 0.2) is 12.1 Å². The maximum Gasteiger partial charge on any atom is 0.181 e. The zero-order chi connectivity index (χ0) is 10.7. The number of hydrogen-bond acceptors (Lipinski definition) is 3. The van der Waals surface area contributed by atoms with Crippen LogP contribution in [0.4, 0.5) is 0 Å². The topological polar surface area (TPSA) is 35.5 Å². The summed E-state index contributed by atoms with van der Waals surface area (Å²) in [5.41, 5.74) is 0. The fraction of sp³-hybridized carbons (Fsp3) is 0.889. The van der Waals surface area contributed by atoms with Crippen molar-refractivity contribution in [1.29, 1.82) is 0 Å². The lowest BCUT2D eigenvalue weighted by Crippen LogP contribution is -2.51. The summed E-state index contributed by atoms with van der Waals surface area (Å²) in [6.07, 6.45) is -0.467. The van der Waals surface area contributed by atoms with Gasteiger partial charge in [0.2, 0.25) is 0 Å². The monoisotopic (exact) mass is 240 g/mol. The lowest BCUT2D eigenvalue weighted by molar-refractivity contribution is -0.191. The van der Waals surface area contributed by atoms with Gasteiger partial charge in [0.25, 0.3) is 0 Å². The second-order valence-electron chi connectivity index (χ2n) is 3.11. The average molecular weight is 241 g/mol. The van der Waals surface area contributed by atoms with Crippen LogP contribution >= 0.6 is 23.2 Å². The molecule has 82 valence electrons. The van der Waals surface area contributed by atoms with Crippen LogP contribution in [0.15, 0.2) is 0 Å². The van der Waals surface area contributed by atoms with Crippen molar-refractivity contribution in [2.75, 3.05) is 6.61 Å². The molecular formula is C9H14Cl2O3. The number of carbonyl (C=O) groups excluding carboxylic acids is 1. The van der Waals surface area contributed by atoms with Gasteiger partial charge in [-0.1, -0.05) is 6.92 Å². The van der Waals surface area contributed by atoms with E-state index in [2.05, 4.69) is 0 Å². The van der Waals surface area contributed by atoms with E-state index >= 15 is 0 Å². The first kappa shape index (κ1) is 12.2. The summed E-state index contributed by atoms with van der Waals surface area (Å²) in [4.78, 5) is 11.5. The minimum Gasteiger partial charge on any atom is -0.351 e. The van der Waals surface area contributed by atoms with Gasteiger partial charge >= 0.3 is 0 Å². The number of rotatable bonds is 3. The molecule has 1 fully saturated rings. The molecule has 3 nitrogen and oxygen atoms in total. The normalized spacial score (nSPS) is 38.7. The SMILES string of the molecule is CCOC1OC(CC)C(=O)C(Cl)C1Cl. The highest BCUT2D eigenvalue weighted by molar-refractivity contribution is 6.38. The summed E-state index contributed by atoms with van der Waals surface area (Å²) in [6.45, 7) is 4.19. The highest BCUT2D eigenvalue weighted by Crippen LogP contribution is 2.27. The zero-order valence-electron chi connectivity index (χ0n) is 8.20. The van der Waals surface area contributed by atoms with E-state index in [9.17, 15) is 4.79 Å². The average Bonchev–Trinajstić information content (AvgIpc) is 2.19. The highest BCUT2D eigenvalue weighted by atomic mass is 35.5. The van der Waals surface area contributed by atoms with Crippen molar-refractivity contribution in [3.05, 3.63) is 0 Å². The van der Waals surface area contributed by atoms with E-state index in [4.69, 9.17) is 32.7 Å². The molecule has 1 aliphatic rings. The first-order valence-corrected chi connectivity index (χ1v) is 5.58. The Morgan fingerprint density at radius 2 is 2.07 bits per heavy atom. The molecule has 1 heterocycles. The van der Waals surface area contributed by atoms with Crippen molar-refractivity contribution in [2.45, 2.75) is 43.4 Å². The molecule has 0 bridgehead atoms. The molecule has 1 saturated heterocycles. The Hall–Kier alpha value is 0.170. The second-order valence-corrected chi connectivity index (χ2v) is 4.08. The summed E-state index contributed by atoms with van der Waals surface area (Å²) >= 11 is 11.8. The fourth-order valence-corrected chi connectivity index (χ4v) is 1.88. The lowest BCUT2D eigenvalue weighted by Gasteiger charge is -2.34. The second kappa shape index (κ2) is 5.31. The number of Topliss-reactive ketones (excluding diaryl/α,β-unsaturated/α-hetero) is 1. The van der Waals surface area contributed by atoms with Gasteiger partial charge in [-0.05, 0) is 13.3 Å². The van der Waals surface area contributed by atoms with Crippen LogP contribution in [-0.2, 0) is 14.3 Å². The third-order valence-electron chi connectivity index (χ3n) is 2.13. The Bertz CT molecular complexity index is 206. The molecule has 14 heavy (non-hydrogen) atoms. The maximum atomic E-state index is 11.5. The molecule has 4 atom stereocenters. The van der Waals surface area contributed by atoms with Crippen molar-refractivity contribution in [3.8, 4) is 0 Å². The number of hydrogen-bond donors (Lipinski definition) is 0. The highest BCUT2D eigenvalue weighted by Gasteiger charge is 2.42. The molecule has 0 N–H and O–H groups in total. The van der Waals surface area contributed by atoms with Crippen LogP contribution in [0.1, 0.15) is 20.3 Å². The molecule has 1 rings (SSSR count). The van der Waals surface area contributed by atoms with Crippen LogP contribution in [-0.4, -0.2) is 35.5 Å². The fourth-order valence-electron chi connectivity index (χ4n) is 1.37. The molecule has 4 unspecified atom stereocenters. The minimum atomic E-state index is -0.716. The molecular weight excluding hydrogens is 227 g/mol. The molecule has 0 amide bonds. The predicted octanol–water partition coefficient (Wildman–Crippen LogP) is 1.94. The van der Waals surface area contributed by atoms with Crippen molar-refractivity contribution in [2.24, 2.45) is 0 Å². The molecule has 0 spiro atoms. The van der Waals surface area contributed by atoms with Crippen molar-refractivity contribution >= 4 is 29.0 Å². The standard InChI is InChI=1S/C9H14Cl2O3/c1-3-5-8(12)6(10)7(11)9(14-5)13-4-2/h5-7,9H,3-4H2,1-2H3. The smallest absolute Gasteiger partial charge is 0.181 e. The van der Waals surface area contributed by atoms with Crippen LogP contribution in [0.3, 0.4) is 0 Å². The van der Waals surface area contributed by atoms with Gasteiger partial charge < -0.3 is 9.47 Å². The van der Waals surface area contributed by atoms with Crippen LogP contribution in [0.2, 0.25) is 0 Å². The van der Waals surface area contributed by atoms with Gasteiger partial charge in [-0.2, -0.15) is 0 Å². The van der Waals surface area contributed by atoms with E-state index < -0.39 is 23.1 Å². The summed E-state index contributed by atoms with van der Waals surface area (Å²) in [6, 6.07) is 0. The van der Waals surface area contributed by atoms with Crippen molar-refractivity contribution < 1.29 is 14.3 Å². The van der Waals surface area contributed by atoms with Crippen molar-refractivity contribution in [3.63, 3.8) is 0 Å². The van der Waals surface area contributed by atoms with E-state index in [-0.39, 0.29) is 5.78 Å². The van der Waals surface area contributed by atoms with Gasteiger partial charge in [0.05, 0.1) is 0 Å². The van der Waals surface area contributed by atoms with Crippen molar-refractivity contribution in [1.82, 2.24) is 0 Å². The first-order chi connectivity index (χ1) is 6.61. The third-order valence-corrected chi connectivity index (χ3v) is 3.20. The maximum absolute atomic E-state index is 11.5. The minimum absolute atomic E-state index is 0.148. The largest absolute Gasteiger partial charge is 0.351 e. The molecule has 0 aliphatic carbocycles. The third kappa shape index (κ3) is 2.40. The zero-order valence-corrected chi connectivity index (χ0v) is 9.72.